The average molecular weight is 262 g/mol. The molecule has 3 heteroatoms. The third-order valence-corrected chi connectivity index (χ3v) is 3.44. The first kappa shape index (κ1) is 15.7. The van der Waals surface area contributed by atoms with Crippen LogP contribution in [0.15, 0.2) is 24.3 Å². The molecule has 0 spiro atoms. The minimum absolute atomic E-state index is 0.283. The Balaban J connectivity index is 2.74. The number of nitriles is 1. The smallest absolute Gasteiger partial charge is 0.127 e. The molecule has 1 aromatic carbocycles. The van der Waals surface area contributed by atoms with Gasteiger partial charge < -0.3 is 0 Å². The van der Waals surface area contributed by atoms with Crippen LogP contribution < -0.4 is 0 Å². The summed E-state index contributed by atoms with van der Waals surface area (Å²) in [6.07, 6.45) is 0.661. The van der Waals surface area contributed by atoms with E-state index in [1.54, 1.807) is 18.2 Å². The summed E-state index contributed by atoms with van der Waals surface area (Å²) in [6.45, 7) is 9.38. The lowest BCUT2D eigenvalue weighted by atomic mass is 9.96. The molecule has 0 N–H and O–H groups in total. The first-order valence-electron chi connectivity index (χ1n) is 6.87. The summed E-state index contributed by atoms with van der Waals surface area (Å²) in [6, 6.07) is 9.65. The molecule has 0 aliphatic carbocycles. The van der Waals surface area contributed by atoms with Gasteiger partial charge in [0.1, 0.15) is 5.82 Å². The third-order valence-electron chi connectivity index (χ3n) is 3.44. The topological polar surface area (TPSA) is 27.0 Å². The molecule has 0 fully saturated rings. The summed E-state index contributed by atoms with van der Waals surface area (Å²) in [4.78, 5) is 2.32. The predicted molar refractivity (Wildman–Crippen MR) is 76.3 cm³/mol. The molecule has 0 saturated heterocycles. The van der Waals surface area contributed by atoms with E-state index in [0.717, 1.165) is 6.54 Å². The van der Waals surface area contributed by atoms with E-state index in [9.17, 15) is 9.65 Å². The van der Waals surface area contributed by atoms with E-state index in [1.165, 1.54) is 6.07 Å². The zero-order valence-electron chi connectivity index (χ0n) is 12.2. The first-order chi connectivity index (χ1) is 8.97. The molecule has 19 heavy (non-hydrogen) atoms. The van der Waals surface area contributed by atoms with E-state index in [0.29, 0.717) is 24.1 Å². The summed E-state index contributed by atoms with van der Waals surface area (Å²) >= 11 is 0. The Kier molecular flexibility index (Phi) is 5.98. The SMILES string of the molecule is CC(C)N(CC[C@H](C#N)c1ccccc1F)C(C)C. The molecule has 1 atom stereocenters. The van der Waals surface area contributed by atoms with Crippen molar-refractivity contribution in [3.05, 3.63) is 35.6 Å². The van der Waals surface area contributed by atoms with Gasteiger partial charge >= 0.3 is 0 Å². The molecule has 0 aromatic heterocycles. The van der Waals surface area contributed by atoms with E-state index in [4.69, 9.17) is 0 Å². The maximum Gasteiger partial charge on any atom is 0.127 e. The molecule has 0 aliphatic heterocycles. The Morgan fingerprint density at radius 1 is 1.16 bits per heavy atom. The van der Waals surface area contributed by atoms with E-state index in [1.807, 2.05) is 0 Å². The highest BCUT2D eigenvalue weighted by Gasteiger charge is 2.19. The van der Waals surface area contributed by atoms with Crippen molar-refractivity contribution in [2.45, 2.75) is 52.1 Å². The van der Waals surface area contributed by atoms with Crippen molar-refractivity contribution in [3.8, 4) is 6.07 Å². The normalized spacial score (nSPS) is 13.0. The number of rotatable bonds is 6. The van der Waals surface area contributed by atoms with Gasteiger partial charge in [-0.15, -0.1) is 0 Å². The highest BCUT2D eigenvalue weighted by Crippen LogP contribution is 2.23. The summed E-state index contributed by atoms with van der Waals surface area (Å²) in [7, 11) is 0. The monoisotopic (exact) mass is 262 g/mol. The van der Waals surface area contributed by atoms with E-state index < -0.39 is 0 Å². The average Bonchev–Trinajstić information content (AvgIpc) is 2.35. The number of halogens is 1. The summed E-state index contributed by atoms with van der Waals surface area (Å²) in [5, 5.41) is 9.26. The van der Waals surface area contributed by atoms with Crippen LogP contribution in [0.4, 0.5) is 4.39 Å². The summed E-state index contributed by atoms with van der Waals surface area (Å²) < 4.78 is 13.7. The molecular weight excluding hydrogens is 239 g/mol. The van der Waals surface area contributed by atoms with Crippen molar-refractivity contribution in [3.63, 3.8) is 0 Å². The standard InChI is InChI=1S/C16H23FN2/c1-12(2)19(13(3)4)10-9-14(11-18)15-7-5-6-8-16(15)17/h5-8,12-14H,9-10H2,1-4H3/t14-/m1/s1. The Labute approximate surface area is 115 Å². The highest BCUT2D eigenvalue weighted by atomic mass is 19.1. The Morgan fingerprint density at radius 3 is 2.21 bits per heavy atom. The minimum atomic E-state index is -0.374. The van der Waals surface area contributed by atoms with Crippen LogP contribution in [0.3, 0.4) is 0 Å². The van der Waals surface area contributed by atoms with Crippen molar-refractivity contribution in [1.29, 1.82) is 5.26 Å². The summed E-state index contributed by atoms with van der Waals surface area (Å²) in [5.41, 5.74) is 0.512. The second-order valence-electron chi connectivity index (χ2n) is 5.42. The number of nitrogens with zero attached hydrogens (tertiary/aromatic N) is 2. The molecule has 0 heterocycles. The van der Waals surface area contributed by atoms with E-state index >= 15 is 0 Å². The molecule has 0 bridgehead atoms. The zero-order chi connectivity index (χ0) is 14.4. The van der Waals surface area contributed by atoms with Crippen LogP contribution in [0.5, 0.6) is 0 Å². The Morgan fingerprint density at radius 2 is 1.74 bits per heavy atom. The van der Waals surface area contributed by atoms with Crippen molar-refractivity contribution in [2.24, 2.45) is 0 Å². The van der Waals surface area contributed by atoms with Crippen LogP contribution in [-0.4, -0.2) is 23.5 Å². The second kappa shape index (κ2) is 7.25. The fraction of sp³-hybridized carbons (Fsp3) is 0.562. The highest BCUT2D eigenvalue weighted by molar-refractivity contribution is 5.26. The van der Waals surface area contributed by atoms with Gasteiger partial charge in [0, 0.05) is 24.2 Å². The van der Waals surface area contributed by atoms with Gasteiger partial charge in [0.05, 0.1) is 12.0 Å². The Bertz CT molecular complexity index is 427. The van der Waals surface area contributed by atoms with E-state index in [2.05, 4.69) is 38.7 Å². The lowest BCUT2D eigenvalue weighted by molar-refractivity contribution is 0.171. The fourth-order valence-electron chi connectivity index (χ4n) is 2.44. The van der Waals surface area contributed by atoms with Crippen molar-refractivity contribution in [1.82, 2.24) is 4.90 Å². The van der Waals surface area contributed by atoms with Gasteiger partial charge in [-0.05, 0) is 40.2 Å². The van der Waals surface area contributed by atoms with Gasteiger partial charge in [-0.3, -0.25) is 4.90 Å². The van der Waals surface area contributed by atoms with Gasteiger partial charge in [-0.25, -0.2) is 4.39 Å². The molecule has 0 saturated carbocycles. The third kappa shape index (κ3) is 4.33. The molecule has 0 aliphatic rings. The van der Waals surface area contributed by atoms with Gasteiger partial charge in [0.25, 0.3) is 0 Å². The molecule has 1 rings (SSSR count). The molecule has 0 amide bonds. The summed E-state index contributed by atoms with van der Waals surface area (Å²) in [5.74, 6) is -0.657. The van der Waals surface area contributed by atoms with Crippen molar-refractivity contribution < 1.29 is 4.39 Å². The Hall–Kier alpha value is -1.40. The second-order valence-corrected chi connectivity index (χ2v) is 5.42. The van der Waals surface area contributed by atoms with Crippen molar-refractivity contribution >= 4 is 0 Å². The van der Waals surface area contributed by atoms with E-state index in [-0.39, 0.29) is 11.7 Å². The van der Waals surface area contributed by atoms with Crippen LogP contribution in [0.2, 0.25) is 0 Å². The van der Waals surface area contributed by atoms with Crippen LogP contribution in [0.25, 0.3) is 0 Å². The first-order valence-corrected chi connectivity index (χ1v) is 6.87. The maximum atomic E-state index is 13.7. The number of benzene rings is 1. The molecular formula is C16H23FN2. The van der Waals surface area contributed by atoms with Crippen LogP contribution in [-0.2, 0) is 0 Å². The lowest BCUT2D eigenvalue weighted by Gasteiger charge is -2.31. The fourth-order valence-corrected chi connectivity index (χ4v) is 2.44. The van der Waals surface area contributed by atoms with Crippen LogP contribution in [0, 0.1) is 17.1 Å². The van der Waals surface area contributed by atoms with Crippen LogP contribution in [0.1, 0.15) is 45.6 Å². The van der Waals surface area contributed by atoms with Crippen LogP contribution >= 0.6 is 0 Å². The quantitative estimate of drug-likeness (QED) is 0.776. The maximum absolute atomic E-state index is 13.7. The van der Waals surface area contributed by atoms with Crippen molar-refractivity contribution in [2.75, 3.05) is 6.54 Å². The molecule has 2 nitrogen and oxygen atoms in total. The number of hydrogen-bond donors (Lipinski definition) is 0. The molecule has 0 unspecified atom stereocenters. The molecule has 1 aromatic rings. The molecule has 0 radical (unpaired) electrons. The van der Waals surface area contributed by atoms with Gasteiger partial charge in [-0.1, -0.05) is 18.2 Å². The van der Waals surface area contributed by atoms with Gasteiger partial charge in [0.15, 0.2) is 0 Å². The minimum Gasteiger partial charge on any atom is -0.298 e. The number of hydrogen-bond acceptors (Lipinski definition) is 2. The van der Waals surface area contributed by atoms with Gasteiger partial charge in [0.2, 0.25) is 0 Å². The predicted octanol–water partition coefficient (Wildman–Crippen LogP) is 3.94. The largest absolute Gasteiger partial charge is 0.298 e. The van der Waals surface area contributed by atoms with Gasteiger partial charge in [-0.2, -0.15) is 5.26 Å². The molecule has 104 valence electrons. The lowest BCUT2D eigenvalue weighted by Crippen LogP contribution is -2.38. The zero-order valence-corrected chi connectivity index (χ0v) is 12.2.